The van der Waals surface area contributed by atoms with Crippen molar-refractivity contribution in [2.24, 2.45) is 5.73 Å². The minimum absolute atomic E-state index is 0.0160. The molecule has 1 heterocycles. The predicted octanol–water partition coefficient (Wildman–Crippen LogP) is 4.22. The molecule has 3 nitrogen and oxygen atoms in total. The van der Waals surface area contributed by atoms with Crippen molar-refractivity contribution >= 4 is 27.7 Å². The molecule has 1 atom stereocenters. The number of oxazole rings is 1. The van der Waals surface area contributed by atoms with Gasteiger partial charge in [-0.1, -0.05) is 22.0 Å². The molecule has 0 amide bonds. The zero-order chi connectivity index (χ0) is 13.3. The summed E-state index contributed by atoms with van der Waals surface area (Å²) in [6.07, 6.45) is 0. The molecule has 1 unspecified atom stereocenters. The first-order valence-corrected chi connectivity index (χ1v) is 7.25. The van der Waals surface area contributed by atoms with E-state index in [0.717, 1.165) is 26.4 Å². The molecule has 0 aliphatic rings. The van der Waals surface area contributed by atoms with Crippen molar-refractivity contribution in [3.05, 3.63) is 39.7 Å². The van der Waals surface area contributed by atoms with Crippen LogP contribution in [0.4, 0.5) is 0 Å². The van der Waals surface area contributed by atoms with Crippen LogP contribution >= 0.6 is 27.7 Å². The molecular formula is C13H15BrN2OS. The number of aryl methyl sites for hydroxylation is 2. The quantitative estimate of drug-likeness (QED) is 0.917. The van der Waals surface area contributed by atoms with Crippen molar-refractivity contribution in [3.63, 3.8) is 0 Å². The summed E-state index contributed by atoms with van der Waals surface area (Å²) < 4.78 is 6.61. The van der Waals surface area contributed by atoms with E-state index >= 15 is 0 Å². The van der Waals surface area contributed by atoms with Crippen LogP contribution in [-0.4, -0.2) is 4.98 Å². The number of nitrogens with two attached hydrogens (primary N) is 1. The van der Waals surface area contributed by atoms with Crippen LogP contribution in [0, 0.1) is 13.8 Å². The third-order valence-electron chi connectivity index (χ3n) is 2.67. The summed E-state index contributed by atoms with van der Waals surface area (Å²) >= 11 is 4.98. The lowest BCUT2D eigenvalue weighted by molar-refractivity contribution is 0.431. The topological polar surface area (TPSA) is 52.0 Å². The molecule has 5 heteroatoms. The molecule has 2 N–H and O–H groups in total. The Morgan fingerprint density at radius 2 is 2.11 bits per heavy atom. The smallest absolute Gasteiger partial charge is 0.261 e. The van der Waals surface area contributed by atoms with Gasteiger partial charge in [0.1, 0.15) is 5.76 Å². The number of aromatic nitrogens is 1. The Morgan fingerprint density at radius 1 is 1.39 bits per heavy atom. The van der Waals surface area contributed by atoms with Crippen molar-refractivity contribution in [1.82, 2.24) is 4.98 Å². The maximum atomic E-state index is 5.97. The molecule has 1 aromatic carbocycles. The Labute approximate surface area is 119 Å². The van der Waals surface area contributed by atoms with E-state index in [4.69, 9.17) is 10.2 Å². The fraction of sp³-hybridized carbons (Fsp3) is 0.308. The average molecular weight is 327 g/mol. The Bertz CT molecular complexity index is 547. The lowest BCUT2D eigenvalue weighted by Crippen LogP contribution is -2.06. The number of benzene rings is 1. The molecule has 0 spiro atoms. The van der Waals surface area contributed by atoms with E-state index in [1.165, 1.54) is 11.8 Å². The lowest BCUT2D eigenvalue weighted by Gasteiger charge is -2.11. The number of hydrogen-bond acceptors (Lipinski definition) is 4. The van der Waals surface area contributed by atoms with E-state index in [1.807, 2.05) is 39.0 Å². The van der Waals surface area contributed by atoms with E-state index in [0.29, 0.717) is 5.22 Å². The summed E-state index contributed by atoms with van der Waals surface area (Å²) in [5.41, 5.74) is 7.99. The van der Waals surface area contributed by atoms with Gasteiger partial charge in [-0.15, -0.1) is 0 Å². The van der Waals surface area contributed by atoms with Gasteiger partial charge in [0.15, 0.2) is 0 Å². The Hall–Kier alpha value is -0.780. The van der Waals surface area contributed by atoms with Crippen LogP contribution in [0.15, 0.2) is 37.2 Å². The summed E-state index contributed by atoms with van der Waals surface area (Å²) in [7, 11) is 0. The van der Waals surface area contributed by atoms with Crippen LogP contribution in [0.3, 0.4) is 0 Å². The van der Waals surface area contributed by atoms with E-state index < -0.39 is 0 Å². The van der Waals surface area contributed by atoms with Gasteiger partial charge >= 0.3 is 0 Å². The number of hydrogen-bond donors (Lipinski definition) is 1. The molecule has 0 bridgehead atoms. The van der Waals surface area contributed by atoms with Crippen molar-refractivity contribution in [2.75, 3.05) is 0 Å². The first-order valence-electron chi connectivity index (χ1n) is 5.64. The molecule has 18 heavy (non-hydrogen) atoms. The van der Waals surface area contributed by atoms with Gasteiger partial charge in [0.25, 0.3) is 5.22 Å². The molecule has 2 rings (SSSR count). The zero-order valence-corrected chi connectivity index (χ0v) is 12.9. The Balaban J connectivity index is 2.35. The fourth-order valence-corrected chi connectivity index (χ4v) is 3.16. The number of nitrogens with zero attached hydrogens (tertiary/aromatic N) is 1. The Kier molecular flexibility index (Phi) is 4.14. The second-order valence-electron chi connectivity index (χ2n) is 4.19. The molecule has 0 saturated carbocycles. The molecule has 0 aliphatic carbocycles. The second kappa shape index (κ2) is 5.47. The largest absolute Gasteiger partial charge is 0.436 e. The second-order valence-corrected chi connectivity index (χ2v) is 6.10. The average Bonchev–Trinajstić information content (AvgIpc) is 2.57. The molecule has 1 aromatic heterocycles. The summed E-state index contributed by atoms with van der Waals surface area (Å²) in [6.45, 7) is 5.83. The normalized spacial score (nSPS) is 12.7. The van der Waals surface area contributed by atoms with Gasteiger partial charge in [0.05, 0.1) is 5.69 Å². The van der Waals surface area contributed by atoms with Crippen LogP contribution in [0.5, 0.6) is 0 Å². The molecule has 0 aliphatic heterocycles. The van der Waals surface area contributed by atoms with Gasteiger partial charge in [-0.2, -0.15) is 0 Å². The highest BCUT2D eigenvalue weighted by molar-refractivity contribution is 9.10. The highest BCUT2D eigenvalue weighted by atomic mass is 79.9. The number of rotatable bonds is 3. The van der Waals surface area contributed by atoms with Crippen LogP contribution in [-0.2, 0) is 0 Å². The summed E-state index contributed by atoms with van der Waals surface area (Å²) in [5.74, 6) is 0.856. The first-order chi connectivity index (χ1) is 8.47. The van der Waals surface area contributed by atoms with Crippen molar-refractivity contribution in [3.8, 4) is 0 Å². The minimum atomic E-state index is -0.0160. The third-order valence-corrected chi connectivity index (χ3v) is 4.09. The third kappa shape index (κ3) is 2.96. The zero-order valence-electron chi connectivity index (χ0n) is 10.5. The van der Waals surface area contributed by atoms with E-state index in [2.05, 4.69) is 20.9 Å². The van der Waals surface area contributed by atoms with E-state index in [9.17, 15) is 0 Å². The van der Waals surface area contributed by atoms with Crippen molar-refractivity contribution in [1.29, 1.82) is 0 Å². The first kappa shape index (κ1) is 13.6. The monoisotopic (exact) mass is 326 g/mol. The van der Waals surface area contributed by atoms with Crippen molar-refractivity contribution in [2.45, 2.75) is 36.9 Å². The molecule has 0 radical (unpaired) electrons. The molecule has 0 saturated heterocycles. The van der Waals surface area contributed by atoms with Crippen LogP contribution in [0.1, 0.15) is 30.0 Å². The number of halogens is 1. The Morgan fingerprint density at radius 3 is 2.67 bits per heavy atom. The van der Waals surface area contributed by atoms with Gasteiger partial charge in [-0.25, -0.2) is 4.98 Å². The van der Waals surface area contributed by atoms with E-state index in [-0.39, 0.29) is 6.04 Å². The molecular weight excluding hydrogens is 312 g/mol. The summed E-state index contributed by atoms with van der Waals surface area (Å²) in [4.78, 5) is 5.45. The van der Waals surface area contributed by atoms with Gasteiger partial charge in [0, 0.05) is 15.4 Å². The SMILES string of the molecule is Cc1nc(Sc2cc(Br)ccc2C(C)N)oc1C. The van der Waals surface area contributed by atoms with Crippen LogP contribution in [0.2, 0.25) is 0 Å². The molecule has 96 valence electrons. The highest BCUT2D eigenvalue weighted by Gasteiger charge is 2.13. The minimum Gasteiger partial charge on any atom is -0.436 e. The molecule has 0 fully saturated rings. The predicted molar refractivity (Wildman–Crippen MR) is 76.8 cm³/mol. The maximum absolute atomic E-state index is 5.97. The van der Waals surface area contributed by atoms with Crippen LogP contribution in [0.25, 0.3) is 0 Å². The highest BCUT2D eigenvalue weighted by Crippen LogP contribution is 2.34. The van der Waals surface area contributed by atoms with Gasteiger partial charge in [-0.3, -0.25) is 0 Å². The van der Waals surface area contributed by atoms with E-state index in [1.54, 1.807) is 0 Å². The summed E-state index contributed by atoms with van der Waals surface area (Å²) in [5, 5.41) is 0.657. The standard InChI is InChI=1S/C13H15BrN2OS/c1-7(15)11-5-4-10(14)6-12(11)18-13-16-8(2)9(3)17-13/h4-7H,15H2,1-3H3. The van der Waals surface area contributed by atoms with Crippen molar-refractivity contribution < 1.29 is 4.42 Å². The lowest BCUT2D eigenvalue weighted by atomic mass is 10.1. The maximum Gasteiger partial charge on any atom is 0.261 e. The fourth-order valence-electron chi connectivity index (χ4n) is 1.55. The summed E-state index contributed by atoms with van der Waals surface area (Å²) in [6, 6.07) is 6.05. The molecule has 2 aromatic rings. The van der Waals surface area contributed by atoms with Gasteiger partial charge in [-0.05, 0) is 50.2 Å². The van der Waals surface area contributed by atoms with Gasteiger partial charge < -0.3 is 10.2 Å². The van der Waals surface area contributed by atoms with Gasteiger partial charge in [0.2, 0.25) is 0 Å². The van der Waals surface area contributed by atoms with Crippen LogP contribution < -0.4 is 5.73 Å².